The standard InChI is InChI=1S/C15H17NO4/c1-20-9-10-3-2-4-12(7-10)16-8-11-5-6-13(17)15(19)14(11)18/h2-7,16-19H,8-9H2,1H3. The zero-order valence-corrected chi connectivity index (χ0v) is 11.1. The molecule has 2 aromatic carbocycles. The van der Waals surface area contributed by atoms with Crippen LogP contribution in [0.2, 0.25) is 0 Å². The lowest BCUT2D eigenvalue weighted by molar-refractivity contribution is 0.185. The second kappa shape index (κ2) is 6.16. The maximum atomic E-state index is 9.73. The van der Waals surface area contributed by atoms with E-state index in [1.54, 1.807) is 13.2 Å². The number of rotatable bonds is 5. The molecule has 5 nitrogen and oxygen atoms in total. The van der Waals surface area contributed by atoms with Crippen LogP contribution in [-0.2, 0) is 17.9 Å². The molecule has 0 atom stereocenters. The highest BCUT2D eigenvalue weighted by atomic mass is 16.5. The van der Waals surface area contributed by atoms with Crippen molar-refractivity contribution in [3.8, 4) is 17.2 Å². The van der Waals surface area contributed by atoms with Crippen molar-refractivity contribution < 1.29 is 20.1 Å². The minimum absolute atomic E-state index is 0.314. The van der Waals surface area contributed by atoms with Gasteiger partial charge in [-0.3, -0.25) is 0 Å². The SMILES string of the molecule is COCc1cccc(NCc2ccc(O)c(O)c2O)c1. The summed E-state index contributed by atoms with van der Waals surface area (Å²) in [6.07, 6.45) is 0. The summed E-state index contributed by atoms with van der Waals surface area (Å²) in [7, 11) is 1.64. The topological polar surface area (TPSA) is 82.0 Å². The Kier molecular flexibility index (Phi) is 4.32. The number of hydrogen-bond donors (Lipinski definition) is 4. The van der Waals surface area contributed by atoms with Crippen LogP contribution in [0.5, 0.6) is 17.2 Å². The third kappa shape index (κ3) is 3.13. The normalized spacial score (nSPS) is 10.4. The van der Waals surface area contributed by atoms with E-state index in [0.717, 1.165) is 11.3 Å². The number of benzene rings is 2. The van der Waals surface area contributed by atoms with Gasteiger partial charge < -0.3 is 25.4 Å². The lowest BCUT2D eigenvalue weighted by Crippen LogP contribution is -2.00. The first-order chi connectivity index (χ1) is 9.61. The predicted octanol–water partition coefficient (Wildman–Crippen LogP) is 2.56. The Morgan fingerprint density at radius 2 is 1.85 bits per heavy atom. The fraction of sp³-hybridized carbons (Fsp3) is 0.200. The van der Waals surface area contributed by atoms with Gasteiger partial charge in [0.2, 0.25) is 5.75 Å². The quantitative estimate of drug-likeness (QED) is 0.630. The van der Waals surface area contributed by atoms with Crippen molar-refractivity contribution in [1.29, 1.82) is 0 Å². The molecule has 0 aliphatic carbocycles. The molecular weight excluding hydrogens is 258 g/mol. The third-order valence-electron chi connectivity index (χ3n) is 2.93. The van der Waals surface area contributed by atoms with Crippen LogP contribution in [0.1, 0.15) is 11.1 Å². The molecule has 5 heteroatoms. The van der Waals surface area contributed by atoms with E-state index in [-0.39, 0.29) is 11.5 Å². The smallest absolute Gasteiger partial charge is 0.200 e. The molecule has 0 saturated heterocycles. The molecule has 4 N–H and O–H groups in total. The van der Waals surface area contributed by atoms with E-state index in [4.69, 9.17) is 4.74 Å². The zero-order valence-electron chi connectivity index (χ0n) is 11.1. The molecule has 0 bridgehead atoms. The largest absolute Gasteiger partial charge is 0.504 e. The summed E-state index contributed by atoms with van der Waals surface area (Å²) < 4.78 is 5.07. The summed E-state index contributed by atoms with van der Waals surface area (Å²) in [5.41, 5.74) is 2.42. The number of ether oxygens (including phenoxy) is 1. The summed E-state index contributed by atoms with van der Waals surface area (Å²) in [6, 6.07) is 10.6. The van der Waals surface area contributed by atoms with Gasteiger partial charge in [-0.15, -0.1) is 0 Å². The second-order valence-corrected chi connectivity index (χ2v) is 4.43. The lowest BCUT2D eigenvalue weighted by atomic mass is 10.1. The number of aromatic hydroxyl groups is 3. The second-order valence-electron chi connectivity index (χ2n) is 4.43. The van der Waals surface area contributed by atoms with E-state index in [9.17, 15) is 15.3 Å². The van der Waals surface area contributed by atoms with Gasteiger partial charge in [-0.05, 0) is 29.8 Å². The van der Waals surface area contributed by atoms with Crippen LogP contribution in [0.4, 0.5) is 5.69 Å². The molecule has 106 valence electrons. The van der Waals surface area contributed by atoms with E-state index in [1.807, 2.05) is 24.3 Å². The van der Waals surface area contributed by atoms with Crippen LogP contribution in [0, 0.1) is 0 Å². The van der Waals surface area contributed by atoms with Gasteiger partial charge in [0.15, 0.2) is 11.5 Å². The maximum absolute atomic E-state index is 9.73. The highest BCUT2D eigenvalue weighted by molar-refractivity contribution is 5.54. The maximum Gasteiger partial charge on any atom is 0.200 e. The van der Waals surface area contributed by atoms with E-state index in [2.05, 4.69) is 5.32 Å². The molecule has 0 radical (unpaired) electrons. The Labute approximate surface area is 117 Å². The van der Waals surface area contributed by atoms with Crippen LogP contribution >= 0.6 is 0 Å². The van der Waals surface area contributed by atoms with Gasteiger partial charge in [0.1, 0.15) is 0 Å². The van der Waals surface area contributed by atoms with Gasteiger partial charge in [0.25, 0.3) is 0 Å². The van der Waals surface area contributed by atoms with Gasteiger partial charge >= 0.3 is 0 Å². The summed E-state index contributed by atoms with van der Waals surface area (Å²) in [5, 5.41) is 31.6. The first-order valence-electron chi connectivity index (χ1n) is 6.16. The first kappa shape index (κ1) is 14.0. The van der Waals surface area contributed by atoms with Crippen molar-refractivity contribution in [2.45, 2.75) is 13.2 Å². The number of hydrogen-bond acceptors (Lipinski definition) is 5. The van der Waals surface area contributed by atoms with Crippen molar-refractivity contribution in [2.75, 3.05) is 12.4 Å². The van der Waals surface area contributed by atoms with Crippen molar-refractivity contribution in [2.24, 2.45) is 0 Å². The third-order valence-corrected chi connectivity index (χ3v) is 2.93. The summed E-state index contributed by atoms with van der Waals surface area (Å²) in [6.45, 7) is 0.858. The Morgan fingerprint density at radius 3 is 2.60 bits per heavy atom. The average Bonchev–Trinajstić information content (AvgIpc) is 2.45. The van der Waals surface area contributed by atoms with Crippen molar-refractivity contribution in [1.82, 2.24) is 0 Å². The highest BCUT2D eigenvalue weighted by Crippen LogP contribution is 2.37. The average molecular weight is 275 g/mol. The van der Waals surface area contributed by atoms with Crippen LogP contribution in [-0.4, -0.2) is 22.4 Å². The van der Waals surface area contributed by atoms with Crippen molar-refractivity contribution in [3.63, 3.8) is 0 Å². The van der Waals surface area contributed by atoms with E-state index >= 15 is 0 Å². The monoisotopic (exact) mass is 275 g/mol. The number of anilines is 1. The molecule has 0 saturated carbocycles. The van der Waals surface area contributed by atoms with Crippen molar-refractivity contribution in [3.05, 3.63) is 47.5 Å². The Hall–Kier alpha value is -2.40. The summed E-state index contributed by atoms with van der Waals surface area (Å²) in [5.74, 6) is -1.16. The minimum atomic E-state index is -0.502. The van der Waals surface area contributed by atoms with E-state index in [1.165, 1.54) is 6.07 Å². The number of phenolic OH excluding ortho intramolecular Hbond substituents is 3. The Balaban J connectivity index is 2.09. The molecule has 0 fully saturated rings. The summed E-state index contributed by atoms with van der Waals surface area (Å²) in [4.78, 5) is 0. The number of phenols is 3. The van der Waals surface area contributed by atoms with E-state index in [0.29, 0.717) is 18.7 Å². The van der Waals surface area contributed by atoms with Crippen LogP contribution in [0.3, 0.4) is 0 Å². The van der Waals surface area contributed by atoms with Gasteiger partial charge in [-0.1, -0.05) is 12.1 Å². The summed E-state index contributed by atoms with van der Waals surface area (Å²) >= 11 is 0. The lowest BCUT2D eigenvalue weighted by Gasteiger charge is -2.11. The highest BCUT2D eigenvalue weighted by Gasteiger charge is 2.10. The van der Waals surface area contributed by atoms with Gasteiger partial charge in [0.05, 0.1) is 6.61 Å². The van der Waals surface area contributed by atoms with Crippen molar-refractivity contribution >= 4 is 5.69 Å². The Bertz CT molecular complexity index is 598. The minimum Gasteiger partial charge on any atom is -0.504 e. The van der Waals surface area contributed by atoms with Gasteiger partial charge in [-0.25, -0.2) is 0 Å². The molecule has 0 heterocycles. The van der Waals surface area contributed by atoms with E-state index < -0.39 is 5.75 Å². The number of nitrogens with one attached hydrogen (secondary N) is 1. The van der Waals surface area contributed by atoms with Crippen LogP contribution in [0.25, 0.3) is 0 Å². The van der Waals surface area contributed by atoms with Crippen LogP contribution < -0.4 is 5.32 Å². The molecule has 0 aliphatic heterocycles. The zero-order chi connectivity index (χ0) is 14.5. The molecule has 2 aromatic rings. The van der Waals surface area contributed by atoms with Gasteiger partial charge in [0, 0.05) is 24.9 Å². The molecule has 0 amide bonds. The fourth-order valence-corrected chi connectivity index (χ4v) is 1.89. The molecule has 0 spiro atoms. The van der Waals surface area contributed by atoms with Crippen LogP contribution in [0.15, 0.2) is 36.4 Å². The predicted molar refractivity (Wildman–Crippen MR) is 75.9 cm³/mol. The molecule has 2 rings (SSSR count). The molecule has 0 aromatic heterocycles. The molecule has 0 unspecified atom stereocenters. The number of methoxy groups -OCH3 is 1. The molecular formula is C15H17NO4. The molecule has 20 heavy (non-hydrogen) atoms. The molecule has 0 aliphatic rings. The first-order valence-corrected chi connectivity index (χ1v) is 6.16. The fourth-order valence-electron chi connectivity index (χ4n) is 1.89. The Morgan fingerprint density at radius 1 is 1.05 bits per heavy atom. The van der Waals surface area contributed by atoms with Gasteiger partial charge in [-0.2, -0.15) is 0 Å².